The fraction of sp³-hybridized carbons (Fsp3) is 0. The smallest absolute Gasteiger partial charge is 0.328 e. The van der Waals surface area contributed by atoms with Crippen molar-refractivity contribution in [3.8, 4) is 0 Å². The zero-order chi connectivity index (χ0) is 12.3. The lowest BCUT2D eigenvalue weighted by molar-refractivity contribution is -0.385. The lowest BCUT2D eigenvalue weighted by Crippen LogP contribution is -1.93. The number of benzene rings is 1. The molecule has 0 fully saturated rings. The largest absolute Gasteiger partial charge is 0.478 e. The van der Waals surface area contributed by atoms with Crippen LogP contribution in [0.15, 0.2) is 22.7 Å². The monoisotopic (exact) mass is 305 g/mol. The number of carboxylic acids is 1. The summed E-state index contributed by atoms with van der Waals surface area (Å²) >= 11 is 8.80. The molecule has 1 aromatic rings. The van der Waals surface area contributed by atoms with Crippen LogP contribution >= 0.6 is 27.5 Å². The van der Waals surface area contributed by atoms with Gasteiger partial charge in [-0.15, -0.1) is 0 Å². The maximum Gasteiger partial charge on any atom is 0.328 e. The minimum absolute atomic E-state index is 0.170. The standard InChI is InChI=1S/C9H5BrClNO4/c10-6-3-5(1-2-9(13)14)8(12(15)16)4-7(6)11/h1-4H,(H,13,14). The second-order valence-electron chi connectivity index (χ2n) is 2.75. The van der Waals surface area contributed by atoms with Crippen molar-refractivity contribution < 1.29 is 14.8 Å². The summed E-state index contributed by atoms with van der Waals surface area (Å²) in [5.74, 6) is -1.18. The van der Waals surface area contributed by atoms with Crippen LogP contribution in [0, 0.1) is 10.1 Å². The van der Waals surface area contributed by atoms with Gasteiger partial charge in [0.1, 0.15) is 0 Å². The molecule has 0 amide bonds. The summed E-state index contributed by atoms with van der Waals surface area (Å²) in [5.41, 5.74) is -0.0747. The molecule has 5 nitrogen and oxygen atoms in total. The summed E-state index contributed by atoms with van der Waals surface area (Å²) in [5, 5.41) is 19.3. The minimum atomic E-state index is -1.18. The van der Waals surface area contributed by atoms with Crippen molar-refractivity contribution in [2.45, 2.75) is 0 Å². The van der Waals surface area contributed by atoms with Gasteiger partial charge in [0, 0.05) is 16.6 Å². The number of hydrogen-bond donors (Lipinski definition) is 1. The summed E-state index contributed by atoms with van der Waals surface area (Å²) < 4.78 is 0.463. The topological polar surface area (TPSA) is 80.4 Å². The third-order valence-electron chi connectivity index (χ3n) is 1.67. The first kappa shape index (κ1) is 12.7. The average Bonchev–Trinajstić information content (AvgIpc) is 2.18. The molecule has 0 radical (unpaired) electrons. The molecular weight excluding hydrogens is 301 g/mol. The molecule has 7 heteroatoms. The first-order valence-corrected chi connectivity index (χ1v) is 5.13. The first-order chi connectivity index (χ1) is 7.41. The van der Waals surface area contributed by atoms with Gasteiger partial charge in [0.15, 0.2) is 0 Å². The van der Waals surface area contributed by atoms with Gasteiger partial charge in [-0.25, -0.2) is 4.79 Å². The third kappa shape index (κ3) is 3.04. The Morgan fingerprint density at radius 3 is 2.69 bits per heavy atom. The van der Waals surface area contributed by atoms with Gasteiger partial charge < -0.3 is 5.11 Å². The molecule has 0 saturated carbocycles. The number of nitro benzene ring substituents is 1. The Morgan fingerprint density at radius 2 is 2.19 bits per heavy atom. The lowest BCUT2D eigenvalue weighted by atomic mass is 10.1. The van der Waals surface area contributed by atoms with E-state index in [-0.39, 0.29) is 16.3 Å². The molecule has 1 aromatic carbocycles. The van der Waals surface area contributed by atoms with Crippen molar-refractivity contribution in [3.63, 3.8) is 0 Å². The molecule has 1 rings (SSSR count). The highest BCUT2D eigenvalue weighted by molar-refractivity contribution is 9.10. The van der Waals surface area contributed by atoms with Gasteiger partial charge in [0.05, 0.1) is 15.5 Å². The van der Waals surface area contributed by atoms with Crippen LogP contribution in [0.2, 0.25) is 5.02 Å². The van der Waals surface area contributed by atoms with Gasteiger partial charge in [-0.05, 0) is 28.1 Å². The van der Waals surface area contributed by atoms with E-state index >= 15 is 0 Å². The Bertz CT molecular complexity index is 487. The maximum absolute atomic E-state index is 10.7. The van der Waals surface area contributed by atoms with Crippen molar-refractivity contribution in [2.24, 2.45) is 0 Å². The van der Waals surface area contributed by atoms with E-state index in [1.807, 2.05) is 0 Å². The van der Waals surface area contributed by atoms with Crippen LogP contribution < -0.4 is 0 Å². The number of hydrogen-bond acceptors (Lipinski definition) is 3. The molecule has 0 aliphatic carbocycles. The van der Waals surface area contributed by atoms with Crippen molar-refractivity contribution >= 4 is 45.3 Å². The van der Waals surface area contributed by atoms with E-state index in [1.54, 1.807) is 0 Å². The Hall–Kier alpha value is -1.40. The first-order valence-electron chi connectivity index (χ1n) is 3.96. The van der Waals surface area contributed by atoms with Gasteiger partial charge in [0.25, 0.3) is 5.69 Å². The molecule has 0 heterocycles. The quantitative estimate of drug-likeness (QED) is 0.528. The molecule has 1 N–H and O–H groups in total. The summed E-state index contributed by atoms with van der Waals surface area (Å²) in [4.78, 5) is 20.4. The summed E-state index contributed by atoms with van der Waals surface area (Å²) in [6, 6.07) is 2.55. The molecule has 84 valence electrons. The van der Waals surface area contributed by atoms with E-state index in [9.17, 15) is 14.9 Å². The highest BCUT2D eigenvalue weighted by atomic mass is 79.9. The van der Waals surface area contributed by atoms with Crippen molar-refractivity contribution in [1.29, 1.82) is 0 Å². The SMILES string of the molecule is O=C(O)C=Cc1cc(Br)c(Cl)cc1[N+](=O)[O-]. The molecule has 0 aromatic heterocycles. The van der Waals surface area contributed by atoms with E-state index in [0.29, 0.717) is 4.47 Å². The highest BCUT2D eigenvalue weighted by Crippen LogP contribution is 2.31. The van der Waals surface area contributed by atoms with Crippen molar-refractivity contribution in [1.82, 2.24) is 0 Å². The van der Waals surface area contributed by atoms with Crippen molar-refractivity contribution in [2.75, 3.05) is 0 Å². The summed E-state index contributed by atoms with van der Waals surface area (Å²) in [6.07, 6.45) is 1.96. The normalized spacial score (nSPS) is 10.6. The number of halogens is 2. The Balaban J connectivity index is 3.30. The lowest BCUT2D eigenvalue weighted by Gasteiger charge is -2.00. The van der Waals surface area contributed by atoms with Gasteiger partial charge in [-0.2, -0.15) is 0 Å². The molecule has 0 spiro atoms. The fourth-order valence-corrected chi connectivity index (χ4v) is 1.52. The zero-order valence-corrected chi connectivity index (χ0v) is 10.0. The van der Waals surface area contributed by atoms with Crippen LogP contribution in [0.4, 0.5) is 5.69 Å². The number of rotatable bonds is 3. The van der Waals surface area contributed by atoms with Crippen molar-refractivity contribution in [3.05, 3.63) is 43.4 Å². The minimum Gasteiger partial charge on any atom is -0.478 e. The number of aliphatic carboxylic acids is 1. The van der Waals surface area contributed by atoms with Gasteiger partial charge in [-0.1, -0.05) is 11.6 Å². The Morgan fingerprint density at radius 1 is 1.56 bits per heavy atom. The second-order valence-corrected chi connectivity index (χ2v) is 4.02. The number of carbonyl (C=O) groups is 1. The highest BCUT2D eigenvalue weighted by Gasteiger charge is 2.14. The molecular formula is C9H5BrClNO4. The van der Waals surface area contributed by atoms with E-state index in [1.165, 1.54) is 6.07 Å². The van der Waals surface area contributed by atoms with Crippen LogP contribution in [-0.4, -0.2) is 16.0 Å². The molecule has 0 bridgehead atoms. The summed E-state index contributed by atoms with van der Waals surface area (Å²) in [7, 11) is 0. The molecule has 0 unspecified atom stereocenters. The number of nitro groups is 1. The predicted octanol–water partition coefficient (Wildman–Crippen LogP) is 3.11. The summed E-state index contributed by atoms with van der Waals surface area (Å²) in [6.45, 7) is 0. The van der Waals surface area contributed by atoms with Gasteiger partial charge >= 0.3 is 5.97 Å². The average molecular weight is 306 g/mol. The Kier molecular flexibility index (Phi) is 4.03. The number of nitrogens with zero attached hydrogens (tertiary/aromatic N) is 1. The van der Waals surface area contributed by atoms with E-state index < -0.39 is 10.9 Å². The molecule has 0 atom stereocenters. The van der Waals surface area contributed by atoms with Crippen LogP contribution in [0.5, 0.6) is 0 Å². The molecule has 0 saturated heterocycles. The number of carboxylic acid groups (broad SMARTS) is 1. The fourth-order valence-electron chi connectivity index (χ4n) is 1.00. The van der Waals surface area contributed by atoms with Gasteiger partial charge in [0.2, 0.25) is 0 Å². The van der Waals surface area contributed by atoms with E-state index in [0.717, 1.165) is 18.2 Å². The Labute approximate surface area is 104 Å². The van der Waals surface area contributed by atoms with Crippen LogP contribution in [0.3, 0.4) is 0 Å². The molecule has 0 aliphatic heterocycles. The predicted molar refractivity (Wildman–Crippen MR) is 62.5 cm³/mol. The molecule has 0 aliphatic rings. The van der Waals surface area contributed by atoms with E-state index in [2.05, 4.69) is 15.9 Å². The maximum atomic E-state index is 10.7. The second kappa shape index (κ2) is 5.09. The zero-order valence-electron chi connectivity index (χ0n) is 7.68. The van der Waals surface area contributed by atoms with Crippen LogP contribution in [0.1, 0.15) is 5.56 Å². The van der Waals surface area contributed by atoms with Crippen LogP contribution in [0.25, 0.3) is 6.08 Å². The van der Waals surface area contributed by atoms with Crippen LogP contribution in [-0.2, 0) is 4.79 Å². The third-order valence-corrected chi connectivity index (χ3v) is 2.87. The van der Waals surface area contributed by atoms with E-state index in [4.69, 9.17) is 16.7 Å². The molecule has 16 heavy (non-hydrogen) atoms. The van der Waals surface area contributed by atoms with Gasteiger partial charge in [-0.3, -0.25) is 10.1 Å².